The molecule has 2 N–H and O–H groups in total. The lowest BCUT2D eigenvalue weighted by Gasteiger charge is -2.22. The number of hydrogen-bond acceptors (Lipinski definition) is 5. The highest BCUT2D eigenvalue weighted by Crippen LogP contribution is 2.25. The molecule has 2 rings (SSSR count). The Kier molecular flexibility index (Phi) is 3.93. The van der Waals surface area contributed by atoms with Crippen molar-refractivity contribution in [2.75, 3.05) is 11.9 Å². The van der Waals surface area contributed by atoms with Gasteiger partial charge < -0.3 is 10.4 Å². The molecule has 1 atom stereocenters. The monoisotopic (exact) mass is 256 g/mol. The van der Waals surface area contributed by atoms with Gasteiger partial charge in [-0.2, -0.15) is 5.26 Å². The highest BCUT2D eigenvalue weighted by atomic mass is 16.3. The van der Waals surface area contributed by atoms with Gasteiger partial charge in [-0.25, -0.2) is 0 Å². The largest absolute Gasteiger partial charge is 0.394 e. The van der Waals surface area contributed by atoms with E-state index in [0.717, 1.165) is 10.9 Å². The molecule has 1 aromatic heterocycles. The Balaban J connectivity index is 2.53. The van der Waals surface area contributed by atoms with Crippen LogP contribution < -0.4 is 5.32 Å². The molecule has 0 spiro atoms. The second kappa shape index (κ2) is 5.63. The van der Waals surface area contributed by atoms with Crippen molar-refractivity contribution in [1.82, 2.24) is 10.2 Å². The first kappa shape index (κ1) is 13.2. The fraction of sp³-hybridized carbons (Fsp3) is 0.357. The van der Waals surface area contributed by atoms with Gasteiger partial charge in [0.2, 0.25) is 0 Å². The molecule has 0 unspecified atom stereocenters. The van der Waals surface area contributed by atoms with E-state index in [9.17, 15) is 5.11 Å². The molecule has 0 saturated heterocycles. The van der Waals surface area contributed by atoms with E-state index < -0.39 is 0 Å². The summed E-state index contributed by atoms with van der Waals surface area (Å²) in [6.45, 7) is 4.02. The molecule has 0 aliphatic rings. The zero-order valence-electron chi connectivity index (χ0n) is 11.0. The number of rotatable bonds is 4. The molecular formula is C14H16N4O. The molecule has 0 fully saturated rings. The number of aliphatic hydroxyl groups excluding tert-OH is 1. The van der Waals surface area contributed by atoms with Crippen molar-refractivity contribution >= 4 is 16.6 Å². The fourth-order valence-electron chi connectivity index (χ4n) is 1.89. The minimum Gasteiger partial charge on any atom is -0.394 e. The second-order valence-corrected chi connectivity index (χ2v) is 4.73. The van der Waals surface area contributed by atoms with Crippen LogP contribution in [0, 0.1) is 17.2 Å². The number of fused-ring (bicyclic) bond motifs is 1. The standard InChI is InChI=1S/C14H16N4O/c1-9(2)13(8-19)16-14-10-5-3-4-6-11(10)17-18-12(14)7-15/h3-6,9,13,19H,8H2,1-2H3,(H,16,17)/t13-/m1/s1. The number of benzene rings is 1. The average Bonchev–Trinajstić information content (AvgIpc) is 2.44. The van der Waals surface area contributed by atoms with Gasteiger partial charge in [-0.05, 0) is 12.0 Å². The van der Waals surface area contributed by atoms with E-state index in [-0.39, 0.29) is 24.3 Å². The molecule has 5 heteroatoms. The summed E-state index contributed by atoms with van der Waals surface area (Å²) < 4.78 is 0. The summed E-state index contributed by atoms with van der Waals surface area (Å²) in [5.74, 6) is 0.239. The molecule has 5 nitrogen and oxygen atoms in total. The molecule has 98 valence electrons. The maximum Gasteiger partial charge on any atom is 0.186 e. The van der Waals surface area contributed by atoms with Crippen LogP contribution in [0.15, 0.2) is 24.3 Å². The molecule has 0 radical (unpaired) electrons. The second-order valence-electron chi connectivity index (χ2n) is 4.73. The molecule has 2 aromatic rings. The molecular weight excluding hydrogens is 240 g/mol. The van der Waals surface area contributed by atoms with Crippen LogP contribution in [-0.4, -0.2) is 28.0 Å². The summed E-state index contributed by atoms with van der Waals surface area (Å²) in [7, 11) is 0. The number of nitrogens with one attached hydrogen (secondary N) is 1. The van der Waals surface area contributed by atoms with Crippen molar-refractivity contribution in [3.63, 3.8) is 0 Å². The molecule has 1 aromatic carbocycles. The summed E-state index contributed by atoms with van der Waals surface area (Å²) in [4.78, 5) is 0. The van der Waals surface area contributed by atoms with E-state index in [0.29, 0.717) is 5.69 Å². The van der Waals surface area contributed by atoms with Crippen LogP contribution >= 0.6 is 0 Å². The van der Waals surface area contributed by atoms with Crippen LogP contribution in [0.25, 0.3) is 10.9 Å². The molecule has 0 aliphatic carbocycles. The van der Waals surface area contributed by atoms with Crippen molar-refractivity contribution in [1.29, 1.82) is 5.26 Å². The SMILES string of the molecule is CC(C)[C@@H](CO)Nc1c(C#N)nnc2ccccc12. The van der Waals surface area contributed by atoms with Crippen LogP contribution in [0.2, 0.25) is 0 Å². The third-order valence-electron chi connectivity index (χ3n) is 3.10. The first-order valence-electron chi connectivity index (χ1n) is 6.20. The summed E-state index contributed by atoms with van der Waals surface area (Å²) in [6, 6.07) is 9.41. The number of hydrogen-bond donors (Lipinski definition) is 2. The number of nitrogens with zero attached hydrogens (tertiary/aromatic N) is 3. The number of aliphatic hydroxyl groups is 1. The van der Waals surface area contributed by atoms with Gasteiger partial charge in [0.05, 0.1) is 23.9 Å². The highest BCUT2D eigenvalue weighted by molar-refractivity contribution is 5.92. The van der Waals surface area contributed by atoms with Crippen molar-refractivity contribution in [3.05, 3.63) is 30.0 Å². The smallest absolute Gasteiger partial charge is 0.186 e. The van der Waals surface area contributed by atoms with Crippen LogP contribution in [0.5, 0.6) is 0 Å². The average molecular weight is 256 g/mol. The maximum atomic E-state index is 9.41. The number of aromatic nitrogens is 2. The van der Waals surface area contributed by atoms with Gasteiger partial charge in [-0.15, -0.1) is 10.2 Å². The van der Waals surface area contributed by atoms with Crippen LogP contribution in [0.4, 0.5) is 5.69 Å². The van der Waals surface area contributed by atoms with E-state index in [4.69, 9.17) is 5.26 Å². The summed E-state index contributed by atoms with van der Waals surface area (Å²) >= 11 is 0. The Bertz CT molecular complexity index is 618. The Morgan fingerprint density at radius 3 is 2.68 bits per heavy atom. The van der Waals surface area contributed by atoms with Crippen molar-refractivity contribution in [3.8, 4) is 6.07 Å². The quantitative estimate of drug-likeness (QED) is 0.873. The number of anilines is 1. The van der Waals surface area contributed by atoms with Gasteiger partial charge in [0, 0.05) is 5.39 Å². The van der Waals surface area contributed by atoms with Gasteiger partial charge in [0.1, 0.15) is 6.07 Å². The third kappa shape index (κ3) is 2.64. The fourth-order valence-corrected chi connectivity index (χ4v) is 1.89. The lowest BCUT2D eigenvalue weighted by Crippen LogP contribution is -2.30. The predicted octanol–water partition coefficient (Wildman–Crippen LogP) is 1.93. The Hall–Kier alpha value is -2.19. The maximum absolute atomic E-state index is 9.41. The lowest BCUT2D eigenvalue weighted by atomic mass is 10.0. The Morgan fingerprint density at radius 1 is 1.32 bits per heavy atom. The summed E-state index contributed by atoms with van der Waals surface area (Å²) in [6.07, 6.45) is 0. The van der Waals surface area contributed by atoms with Gasteiger partial charge >= 0.3 is 0 Å². The van der Waals surface area contributed by atoms with E-state index in [1.165, 1.54) is 0 Å². The summed E-state index contributed by atoms with van der Waals surface area (Å²) in [5.41, 5.74) is 1.61. The van der Waals surface area contributed by atoms with E-state index in [2.05, 4.69) is 15.5 Å². The topological polar surface area (TPSA) is 81.8 Å². The third-order valence-corrected chi connectivity index (χ3v) is 3.10. The van der Waals surface area contributed by atoms with Crippen LogP contribution in [-0.2, 0) is 0 Å². The van der Waals surface area contributed by atoms with Gasteiger partial charge in [-0.3, -0.25) is 0 Å². The number of nitriles is 1. The molecule has 0 saturated carbocycles. The zero-order chi connectivity index (χ0) is 13.8. The van der Waals surface area contributed by atoms with E-state index in [1.54, 1.807) is 0 Å². The van der Waals surface area contributed by atoms with E-state index >= 15 is 0 Å². The minimum absolute atomic E-state index is 0.000809. The normalized spacial score (nSPS) is 12.4. The van der Waals surface area contributed by atoms with Crippen LogP contribution in [0.3, 0.4) is 0 Å². The lowest BCUT2D eigenvalue weighted by molar-refractivity contribution is 0.249. The van der Waals surface area contributed by atoms with Gasteiger partial charge in [-0.1, -0.05) is 32.0 Å². The first-order valence-corrected chi connectivity index (χ1v) is 6.20. The van der Waals surface area contributed by atoms with Crippen LogP contribution in [0.1, 0.15) is 19.5 Å². The molecule has 1 heterocycles. The predicted molar refractivity (Wildman–Crippen MR) is 73.6 cm³/mol. The van der Waals surface area contributed by atoms with Gasteiger partial charge in [0.15, 0.2) is 5.69 Å². The van der Waals surface area contributed by atoms with Crippen molar-refractivity contribution < 1.29 is 5.11 Å². The first-order chi connectivity index (χ1) is 9.17. The molecule has 19 heavy (non-hydrogen) atoms. The van der Waals surface area contributed by atoms with Crippen molar-refractivity contribution in [2.45, 2.75) is 19.9 Å². The van der Waals surface area contributed by atoms with Crippen molar-refractivity contribution in [2.24, 2.45) is 5.92 Å². The van der Waals surface area contributed by atoms with E-state index in [1.807, 2.05) is 44.2 Å². The molecule has 0 aliphatic heterocycles. The molecule has 0 bridgehead atoms. The molecule has 0 amide bonds. The highest BCUT2D eigenvalue weighted by Gasteiger charge is 2.17. The van der Waals surface area contributed by atoms with Gasteiger partial charge in [0.25, 0.3) is 0 Å². The Labute approximate surface area is 111 Å². The zero-order valence-corrected chi connectivity index (χ0v) is 11.0. The Morgan fingerprint density at radius 2 is 2.05 bits per heavy atom. The minimum atomic E-state index is -0.125. The summed E-state index contributed by atoms with van der Waals surface area (Å²) in [5, 5.41) is 30.5.